The molecular formula is C9H18N2O. The summed E-state index contributed by atoms with van der Waals surface area (Å²) in [4.78, 5) is 13.0. The third-order valence-electron chi connectivity index (χ3n) is 2.25. The first kappa shape index (κ1) is 9.52. The molecule has 12 heavy (non-hydrogen) atoms. The zero-order chi connectivity index (χ0) is 8.97. The van der Waals surface area contributed by atoms with Crippen LogP contribution in [0.25, 0.3) is 0 Å². The van der Waals surface area contributed by atoms with E-state index in [0.29, 0.717) is 12.5 Å². The van der Waals surface area contributed by atoms with E-state index < -0.39 is 0 Å². The number of nitrogens with one attached hydrogen (secondary N) is 1. The van der Waals surface area contributed by atoms with Crippen molar-refractivity contribution in [3.63, 3.8) is 0 Å². The smallest absolute Gasteiger partial charge is 0.223 e. The van der Waals surface area contributed by atoms with E-state index >= 15 is 0 Å². The van der Waals surface area contributed by atoms with Crippen LogP contribution >= 0.6 is 0 Å². The number of carbonyl (C=O) groups is 1. The van der Waals surface area contributed by atoms with Gasteiger partial charge in [0, 0.05) is 32.6 Å². The zero-order valence-electron chi connectivity index (χ0n) is 7.97. The molecule has 0 aromatic rings. The lowest BCUT2D eigenvalue weighted by molar-refractivity contribution is -0.129. The van der Waals surface area contributed by atoms with Crippen LogP contribution in [0.2, 0.25) is 0 Å². The van der Waals surface area contributed by atoms with Crippen LogP contribution in [-0.4, -0.2) is 37.0 Å². The molecule has 0 bridgehead atoms. The number of rotatable bonds is 5. The Labute approximate surface area is 74.1 Å². The van der Waals surface area contributed by atoms with Gasteiger partial charge in [-0.05, 0) is 19.8 Å². The Balaban J connectivity index is 2.00. The summed E-state index contributed by atoms with van der Waals surface area (Å²) >= 11 is 0. The summed E-state index contributed by atoms with van der Waals surface area (Å²) in [7, 11) is 1.85. The molecule has 70 valence electrons. The lowest BCUT2D eigenvalue weighted by Gasteiger charge is -2.14. The first-order valence-electron chi connectivity index (χ1n) is 4.71. The Hall–Kier alpha value is -0.570. The average Bonchev–Trinajstić information content (AvgIpc) is 2.86. The van der Waals surface area contributed by atoms with Crippen molar-refractivity contribution >= 4 is 5.91 Å². The molecule has 0 heterocycles. The van der Waals surface area contributed by atoms with Crippen molar-refractivity contribution in [1.82, 2.24) is 10.2 Å². The third-order valence-corrected chi connectivity index (χ3v) is 2.25. The Morgan fingerprint density at radius 3 is 2.75 bits per heavy atom. The second-order valence-electron chi connectivity index (χ2n) is 3.39. The van der Waals surface area contributed by atoms with Gasteiger partial charge in [0.05, 0.1) is 0 Å². The lowest BCUT2D eigenvalue weighted by Crippen LogP contribution is -2.30. The normalized spacial score (nSPS) is 16.2. The second kappa shape index (κ2) is 4.45. The minimum absolute atomic E-state index is 0.241. The summed E-state index contributed by atoms with van der Waals surface area (Å²) in [5.41, 5.74) is 0. The van der Waals surface area contributed by atoms with Gasteiger partial charge in [-0.25, -0.2) is 0 Å². The summed E-state index contributed by atoms with van der Waals surface area (Å²) in [5.74, 6) is 0.241. The molecule has 1 aliphatic carbocycles. The molecule has 0 radical (unpaired) electrons. The van der Waals surface area contributed by atoms with E-state index in [1.165, 1.54) is 12.8 Å². The predicted octanol–water partition coefficient (Wildman–Crippen LogP) is 0.607. The summed E-state index contributed by atoms with van der Waals surface area (Å²) < 4.78 is 0. The highest BCUT2D eigenvalue weighted by molar-refractivity contribution is 5.75. The minimum atomic E-state index is 0.241. The van der Waals surface area contributed by atoms with Crippen LogP contribution < -0.4 is 5.32 Å². The Bertz CT molecular complexity index is 155. The van der Waals surface area contributed by atoms with E-state index in [2.05, 4.69) is 5.32 Å². The summed E-state index contributed by atoms with van der Waals surface area (Å²) in [6.45, 7) is 3.64. The number of amides is 1. The van der Waals surface area contributed by atoms with E-state index in [4.69, 9.17) is 0 Å². The Morgan fingerprint density at radius 2 is 2.25 bits per heavy atom. The summed E-state index contributed by atoms with van der Waals surface area (Å²) in [6, 6.07) is 0.713. The molecule has 0 aromatic carbocycles. The first-order valence-corrected chi connectivity index (χ1v) is 4.71. The quantitative estimate of drug-likeness (QED) is 0.655. The lowest BCUT2D eigenvalue weighted by atomic mass is 10.3. The molecule has 0 aliphatic heterocycles. The van der Waals surface area contributed by atoms with Gasteiger partial charge in [0.1, 0.15) is 0 Å². The molecule has 1 rings (SSSR count). The molecule has 3 heteroatoms. The van der Waals surface area contributed by atoms with E-state index in [9.17, 15) is 4.79 Å². The van der Waals surface area contributed by atoms with Crippen molar-refractivity contribution in [3.05, 3.63) is 0 Å². The largest absolute Gasteiger partial charge is 0.346 e. The third kappa shape index (κ3) is 3.22. The fourth-order valence-electron chi connectivity index (χ4n) is 1.04. The predicted molar refractivity (Wildman–Crippen MR) is 49.0 cm³/mol. The summed E-state index contributed by atoms with van der Waals surface area (Å²) in [6.07, 6.45) is 3.22. The van der Waals surface area contributed by atoms with E-state index in [1.54, 1.807) is 4.90 Å². The Kier molecular flexibility index (Phi) is 3.53. The molecule has 1 aliphatic rings. The highest BCUT2D eigenvalue weighted by atomic mass is 16.2. The van der Waals surface area contributed by atoms with Crippen LogP contribution in [-0.2, 0) is 4.79 Å². The maximum Gasteiger partial charge on any atom is 0.223 e. The molecule has 3 nitrogen and oxygen atoms in total. The van der Waals surface area contributed by atoms with Crippen molar-refractivity contribution in [2.24, 2.45) is 0 Å². The van der Waals surface area contributed by atoms with Crippen LogP contribution in [0.5, 0.6) is 0 Å². The van der Waals surface area contributed by atoms with Crippen molar-refractivity contribution in [1.29, 1.82) is 0 Å². The summed E-state index contributed by atoms with van der Waals surface area (Å²) in [5, 5.41) is 3.32. The topological polar surface area (TPSA) is 32.3 Å². The molecule has 0 spiro atoms. The fraction of sp³-hybridized carbons (Fsp3) is 0.889. The zero-order valence-corrected chi connectivity index (χ0v) is 7.97. The molecule has 0 saturated heterocycles. The van der Waals surface area contributed by atoms with E-state index in [1.807, 2.05) is 14.0 Å². The van der Waals surface area contributed by atoms with Crippen molar-refractivity contribution in [2.45, 2.75) is 32.2 Å². The number of hydrogen-bond acceptors (Lipinski definition) is 2. The van der Waals surface area contributed by atoms with Crippen LogP contribution in [0.15, 0.2) is 0 Å². The minimum Gasteiger partial charge on any atom is -0.346 e. The van der Waals surface area contributed by atoms with Crippen LogP contribution in [0.3, 0.4) is 0 Å². The molecule has 1 N–H and O–H groups in total. The van der Waals surface area contributed by atoms with Gasteiger partial charge in [-0.2, -0.15) is 0 Å². The van der Waals surface area contributed by atoms with Gasteiger partial charge in [0.25, 0.3) is 0 Å². The standard InChI is InChI=1S/C9H18N2O/c1-3-11(2)9(12)6-7-10-8-4-5-8/h8,10H,3-7H2,1-2H3. The monoisotopic (exact) mass is 170 g/mol. The molecule has 1 saturated carbocycles. The van der Waals surface area contributed by atoms with Crippen molar-refractivity contribution < 1.29 is 4.79 Å². The average molecular weight is 170 g/mol. The van der Waals surface area contributed by atoms with Gasteiger partial charge in [0.15, 0.2) is 0 Å². The molecule has 0 atom stereocenters. The van der Waals surface area contributed by atoms with E-state index in [0.717, 1.165) is 13.1 Å². The maximum absolute atomic E-state index is 11.3. The van der Waals surface area contributed by atoms with Crippen LogP contribution in [0, 0.1) is 0 Å². The van der Waals surface area contributed by atoms with E-state index in [-0.39, 0.29) is 5.91 Å². The van der Waals surface area contributed by atoms with Crippen molar-refractivity contribution in [2.75, 3.05) is 20.1 Å². The Morgan fingerprint density at radius 1 is 1.58 bits per heavy atom. The molecule has 1 amide bonds. The van der Waals surface area contributed by atoms with Gasteiger partial charge in [-0.1, -0.05) is 0 Å². The van der Waals surface area contributed by atoms with Gasteiger partial charge in [-0.3, -0.25) is 4.79 Å². The fourth-order valence-corrected chi connectivity index (χ4v) is 1.04. The number of carbonyl (C=O) groups excluding carboxylic acids is 1. The highest BCUT2D eigenvalue weighted by Gasteiger charge is 2.20. The number of hydrogen-bond donors (Lipinski definition) is 1. The molecule has 0 aromatic heterocycles. The van der Waals surface area contributed by atoms with Gasteiger partial charge >= 0.3 is 0 Å². The highest BCUT2D eigenvalue weighted by Crippen LogP contribution is 2.18. The van der Waals surface area contributed by atoms with Gasteiger partial charge in [-0.15, -0.1) is 0 Å². The molecular weight excluding hydrogens is 152 g/mol. The van der Waals surface area contributed by atoms with Gasteiger partial charge < -0.3 is 10.2 Å². The molecule has 0 unspecified atom stereocenters. The van der Waals surface area contributed by atoms with Crippen molar-refractivity contribution in [3.8, 4) is 0 Å². The SMILES string of the molecule is CCN(C)C(=O)CCNC1CC1. The second-order valence-corrected chi connectivity index (χ2v) is 3.39. The van der Waals surface area contributed by atoms with Gasteiger partial charge in [0.2, 0.25) is 5.91 Å². The van der Waals surface area contributed by atoms with Crippen LogP contribution in [0.1, 0.15) is 26.2 Å². The number of nitrogens with zero attached hydrogens (tertiary/aromatic N) is 1. The van der Waals surface area contributed by atoms with Crippen LogP contribution in [0.4, 0.5) is 0 Å². The first-order chi connectivity index (χ1) is 5.74. The maximum atomic E-state index is 11.3. The molecule has 1 fully saturated rings.